The summed E-state index contributed by atoms with van der Waals surface area (Å²) in [5.41, 5.74) is 1.55. The van der Waals surface area contributed by atoms with Crippen LogP contribution in [-0.4, -0.2) is 17.5 Å². The molecule has 2 heterocycles. The Morgan fingerprint density at radius 2 is 2.23 bits per heavy atom. The van der Waals surface area contributed by atoms with Gasteiger partial charge >= 0.3 is 0 Å². The van der Waals surface area contributed by atoms with E-state index in [4.69, 9.17) is 0 Å². The van der Waals surface area contributed by atoms with Gasteiger partial charge in [-0.3, -0.25) is 0 Å². The van der Waals surface area contributed by atoms with E-state index < -0.39 is 0 Å². The Labute approximate surface area is 74.8 Å². The lowest BCUT2D eigenvalue weighted by Gasteiger charge is -2.17. The number of rotatable bonds is 0. The summed E-state index contributed by atoms with van der Waals surface area (Å²) in [6.07, 6.45) is 11.3. The van der Waals surface area contributed by atoms with E-state index >= 15 is 0 Å². The van der Waals surface area contributed by atoms with Gasteiger partial charge in [-0.25, -0.2) is 0 Å². The fraction of sp³-hybridized carbons (Fsp3) is 0.111. The molecular weight excluding hydrogens is 164 g/mol. The maximum absolute atomic E-state index is 4.12. The molecule has 0 aromatic heterocycles. The van der Waals surface area contributed by atoms with Gasteiger partial charge < -0.3 is 0 Å². The van der Waals surface area contributed by atoms with Crippen molar-refractivity contribution in [2.24, 2.45) is 20.4 Å². The molecule has 0 fully saturated rings. The fourth-order valence-electron chi connectivity index (χ4n) is 1.51. The monoisotopic (exact) mass is 170 g/mol. The van der Waals surface area contributed by atoms with Gasteiger partial charge in [0.25, 0.3) is 0 Å². The minimum Gasteiger partial charge on any atom is -0.170 e. The summed E-state index contributed by atoms with van der Waals surface area (Å²) in [6, 6.07) is 0. The van der Waals surface area contributed by atoms with Crippen LogP contribution in [0.3, 0.4) is 0 Å². The van der Waals surface area contributed by atoms with Crippen molar-refractivity contribution in [2.75, 3.05) is 0 Å². The van der Waals surface area contributed by atoms with Crippen molar-refractivity contribution in [3.05, 3.63) is 36.1 Å². The standard InChI is InChI=1S/C9H6N4/c1-2-9(3-4-10-13-9)5-7-6-11-12-8(1)7/h1-6H. The van der Waals surface area contributed by atoms with Crippen LogP contribution in [0, 0.1) is 0 Å². The minimum absolute atomic E-state index is 0.370. The fourth-order valence-corrected chi connectivity index (χ4v) is 1.51. The first kappa shape index (κ1) is 6.65. The number of hydrogen-bond acceptors (Lipinski definition) is 4. The number of fused-ring (bicyclic) bond motifs is 1. The van der Waals surface area contributed by atoms with Gasteiger partial charge in [-0.1, -0.05) is 0 Å². The Morgan fingerprint density at radius 3 is 3.08 bits per heavy atom. The molecule has 0 aromatic rings. The van der Waals surface area contributed by atoms with Crippen LogP contribution in [0.4, 0.5) is 0 Å². The third kappa shape index (κ3) is 0.853. The maximum Gasteiger partial charge on any atom is 0.139 e. The zero-order chi connectivity index (χ0) is 8.73. The van der Waals surface area contributed by atoms with E-state index in [1.807, 2.05) is 24.3 Å². The van der Waals surface area contributed by atoms with Crippen molar-refractivity contribution in [3.8, 4) is 0 Å². The highest BCUT2D eigenvalue weighted by Crippen LogP contribution is 2.28. The number of nitrogens with zero attached hydrogens (tertiary/aromatic N) is 4. The lowest BCUT2D eigenvalue weighted by molar-refractivity contribution is 0.798. The molecule has 0 saturated heterocycles. The smallest absolute Gasteiger partial charge is 0.139 e. The summed E-state index contributed by atoms with van der Waals surface area (Å²) >= 11 is 0. The second-order valence-electron chi connectivity index (χ2n) is 3.08. The largest absolute Gasteiger partial charge is 0.170 e. The van der Waals surface area contributed by atoms with Gasteiger partial charge in [-0.05, 0) is 24.3 Å². The topological polar surface area (TPSA) is 49.4 Å². The quantitative estimate of drug-likeness (QED) is 0.530. The van der Waals surface area contributed by atoms with Crippen LogP contribution in [0.1, 0.15) is 0 Å². The molecule has 2 aliphatic heterocycles. The van der Waals surface area contributed by atoms with Gasteiger partial charge in [0.05, 0.1) is 11.9 Å². The average Bonchev–Trinajstić information content (AvgIpc) is 2.74. The predicted octanol–water partition coefficient (Wildman–Crippen LogP) is 1.64. The molecule has 0 saturated carbocycles. The molecule has 1 aliphatic carbocycles. The second kappa shape index (κ2) is 2.10. The van der Waals surface area contributed by atoms with E-state index in [0.29, 0.717) is 0 Å². The zero-order valence-corrected chi connectivity index (χ0v) is 6.75. The molecule has 1 unspecified atom stereocenters. The summed E-state index contributed by atoms with van der Waals surface area (Å²) in [5.74, 6) is 0. The first-order valence-electron chi connectivity index (χ1n) is 4.01. The number of allylic oxidation sites excluding steroid dienone is 2. The molecule has 0 bridgehead atoms. The molecule has 1 spiro atoms. The Kier molecular flexibility index (Phi) is 1.07. The normalized spacial score (nSPS) is 32.6. The third-order valence-electron chi connectivity index (χ3n) is 2.19. The van der Waals surface area contributed by atoms with Crippen LogP contribution in [0.15, 0.2) is 56.5 Å². The van der Waals surface area contributed by atoms with E-state index in [2.05, 4.69) is 20.4 Å². The first-order valence-corrected chi connectivity index (χ1v) is 4.01. The molecular formula is C9H6N4. The average molecular weight is 170 g/mol. The van der Waals surface area contributed by atoms with Crippen molar-refractivity contribution in [3.63, 3.8) is 0 Å². The summed E-state index contributed by atoms with van der Waals surface area (Å²) < 4.78 is 0. The second-order valence-corrected chi connectivity index (χ2v) is 3.08. The van der Waals surface area contributed by atoms with Crippen molar-refractivity contribution < 1.29 is 0 Å². The highest BCUT2D eigenvalue weighted by atomic mass is 15.2. The molecule has 3 aliphatic rings. The molecule has 4 nitrogen and oxygen atoms in total. The highest BCUT2D eigenvalue weighted by Gasteiger charge is 2.29. The Balaban J connectivity index is 2.13. The van der Waals surface area contributed by atoms with Crippen molar-refractivity contribution >= 4 is 11.9 Å². The highest BCUT2D eigenvalue weighted by molar-refractivity contribution is 6.24. The Hall–Kier alpha value is -1.84. The van der Waals surface area contributed by atoms with Crippen LogP contribution in [-0.2, 0) is 0 Å². The first-order chi connectivity index (χ1) is 6.38. The van der Waals surface area contributed by atoms with Crippen molar-refractivity contribution in [1.29, 1.82) is 0 Å². The lowest BCUT2D eigenvalue weighted by Crippen LogP contribution is -2.21. The Morgan fingerprint density at radius 1 is 1.23 bits per heavy atom. The molecule has 0 radical (unpaired) electrons. The summed E-state index contributed by atoms with van der Waals surface area (Å²) in [5, 5.41) is 15.7. The molecule has 1 atom stereocenters. The molecule has 4 heteroatoms. The molecule has 0 amide bonds. The predicted molar refractivity (Wildman–Crippen MR) is 49.9 cm³/mol. The Bertz CT molecular complexity index is 423. The van der Waals surface area contributed by atoms with E-state index in [9.17, 15) is 0 Å². The summed E-state index contributed by atoms with van der Waals surface area (Å²) in [4.78, 5) is 0. The van der Waals surface area contributed by atoms with Gasteiger partial charge in [0.1, 0.15) is 5.54 Å². The van der Waals surface area contributed by atoms with Gasteiger partial charge in [0.2, 0.25) is 0 Å². The van der Waals surface area contributed by atoms with Crippen molar-refractivity contribution in [1.82, 2.24) is 0 Å². The molecule has 0 N–H and O–H groups in total. The van der Waals surface area contributed by atoms with E-state index in [1.165, 1.54) is 0 Å². The lowest BCUT2D eigenvalue weighted by atomic mass is 9.90. The van der Waals surface area contributed by atoms with Crippen LogP contribution in [0.2, 0.25) is 0 Å². The van der Waals surface area contributed by atoms with Gasteiger partial charge in [0.15, 0.2) is 0 Å². The molecule has 0 aromatic carbocycles. The molecule has 13 heavy (non-hydrogen) atoms. The third-order valence-corrected chi connectivity index (χ3v) is 2.19. The number of azo groups is 1. The van der Waals surface area contributed by atoms with Crippen LogP contribution in [0.25, 0.3) is 0 Å². The van der Waals surface area contributed by atoms with E-state index in [-0.39, 0.29) is 5.54 Å². The minimum atomic E-state index is -0.370. The maximum atomic E-state index is 4.12. The van der Waals surface area contributed by atoms with Gasteiger partial charge in [0, 0.05) is 11.8 Å². The summed E-state index contributed by atoms with van der Waals surface area (Å²) in [7, 11) is 0. The van der Waals surface area contributed by atoms with Crippen LogP contribution < -0.4 is 0 Å². The van der Waals surface area contributed by atoms with Gasteiger partial charge in [-0.15, -0.1) is 0 Å². The zero-order valence-electron chi connectivity index (χ0n) is 6.75. The van der Waals surface area contributed by atoms with Crippen molar-refractivity contribution in [2.45, 2.75) is 5.54 Å². The van der Waals surface area contributed by atoms with E-state index in [1.54, 1.807) is 12.4 Å². The van der Waals surface area contributed by atoms with Gasteiger partial charge in [-0.2, -0.15) is 20.4 Å². The SMILES string of the molecule is C1=CC2(C=CC3=NN=CC3=C2)N=N1. The molecule has 62 valence electrons. The van der Waals surface area contributed by atoms with E-state index in [0.717, 1.165) is 11.3 Å². The number of hydrogen-bond donors (Lipinski definition) is 0. The van der Waals surface area contributed by atoms with Crippen LogP contribution >= 0.6 is 0 Å². The molecule has 3 rings (SSSR count). The summed E-state index contributed by atoms with van der Waals surface area (Å²) in [6.45, 7) is 0. The van der Waals surface area contributed by atoms with Crippen LogP contribution in [0.5, 0.6) is 0 Å².